The maximum atomic E-state index is 13.8. The van der Waals surface area contributed by atoms with Gasteiger partial charge in [-0.25, -0.2) is 14.4 Å². The SMILES string of the molecule is CO[C@H]1O[C@H](CO)[C@@H](OC(=O)Nc2ccc3c(c2)OCO3)[C@H](OC(=O)Nc2ccccc2-c2ccccc2)[C@@H]1OC(=O)Nc1ccccc1-c1ccccc1. The summed E-state index contributed by atoms with van der Waals surface area (Å²) >= 11 is 0. The van der Waals surface area contributed by atoms with Gasteiger partial charge in [-0.15, -0.1) is 0 Å². The predicted molar refractivity (Wildman–Crippen MR) is 201 cm³/mol. The van der Waals surface area contributed by atoms with Gasteiger partial charge < -0.3 is 38.3 Å². The molecule has 2 heterocycles. The Labute approximate surface area is 315 Å². The van der Waals surface area contributed by atoms with E-state index in [9.17, 15) is 19.5 Å². The maximum absolute atomic E-state index is 13.8. The smallest absolute Gasteiger partial charge is 0.412 e. The Kier molecular flexibility index (Phi) is 11.4. The fourth-order valence-electron chi connectivity index (χ4n) is 6.31. The van der Waals surface area contributed by atoms with E-state index in [1.807, 2.05) is 84.9 Å². The van der Waals surface area contributed by atoms with Crippen LogP contribution in [0.2, 0.25) is 0 Å². The van der Waals surface area contributed by atoms with E-state index in [0.717, 1.165) is 11.1 Å². The van der Waals surface area contributed by atoms with Crippen molar-refractivity contribution < 1.29 is 52.6 Å². The van der Waals surface area contributed by atoms with Crippen LogP contribution in [0.3, 0.4) is 0 Å². The van der Waals surface area contributed by atoms with Gasteiger partial charge in [-0.05, 0) is 35.4 Å². The number of para-hydroxylation sites is 2. The minimum atomic E-state index is -1.57. The Bertz CT molecular complexity index is 2120. The van der Waals surface area contributed by atoms with Crippen molar-refractivity contribution in [3.63, 3.8) is 0 Å². The number of methoxy groups -OCH3 is 1. The minimum Gasteiger partial charge on any atom is -0.454 e. The summed E-state index contributed by atoms with van der Waals surface area (Å²) in [5.74, 6) is 0.917. The van der Waals surface area contributed by atoms with Gasteiger partial charge in [-0.3, -0.25) is 16.0 Å². The highest BCUT2D eigenvalue weighted by atomic mass is 16.7. The van der Waals surface area contributed by atoms with Gasteiger partial charge in [0, 0.05) is 30.0 Å². The second-order valence-corrected chi connectivity index (χ2v) is 12.3. The number of rotatable bonds is 10. The van der Waals surface area contributed by atoms with Crippen LogP contribution >= 0.6 is 0 Å². The Balaban J connectivity index is 1.17. The lowest BCUT2D eigenvalue weighted by Gasteiger charge is -2.43. The van der Waals surface area contributed by atoms with Crippen LogP contribution in [-0.2, 0) is 23.7 Å². The van der Waals surface area contributed by atoms with Gasteiger partial charge in [0.2, 0.25) is 6.79 Å². The number of aliphatic hydroxyl groups is 1. The van der Waals surface area contributed by atoms with Gasteiger partial charge in [0.1, 0.15) is 6.10 Å². The maximum Gasteiger partial charge on any atom is 0.412 e. The molecule has 282 valence electrons. The molecule has 7 rings (SSSR count). The first-order chi connectivity index (χ1) is 26.9. The number of nitrogens with one attached hydrogen (secondary N) is 3. The number of amides is 3. The number of ether oxygens (including phenoxy) is 7. The molecular weight excluding hydrogens is 710 g/mol. The zero-order chi connectivity index (χ0) is 38.1. The molecule has 1 fully saturated rings. The second-order valence-electron chi connectivity index (χ2n) is 12.3. The van der Waals surface area contributed by atoms with Crippen LogP contribution < -0.4 is 25.4 Å². The Morgan fingerprint density at radius 1 is 0.618 bits per heavy atom. The zero-order valence-corrected chi connectivity index (χ0v) is 29.5. The molecule has 5 aromatic rings. The second kappa shape index (κ2) is 17.0. The summed E-state index contributed by atoms with van der Waals surface area (Å²) in [5, 5.41) is 18.5. The quantitative estimate of drug-likeness (QED) is 0.106. The highest BCUT2D eigenvalue weighted by molar-refractivity contribution is 5.93. The third kappa shape index (κ3) is 8.63. The fraction of sp³-hybridized carbons (Fsp3) is 0.195. The van der Waals surface area contributed by atoms with Crippen LogP contribution in [0.1, 0.15) is 0 Å². The summed E-state index contributed by atoms with van der Waals surface area (Å²) in [6.45, 7) is -0.658. The van der Waals surface area contributed by atoms with Gasteiger partial charge in [-0.1, -0.05) is 97.1 Å². The lowest BCUT2D eigenvalue weighted by Crippen LogP contribution is -2.63. The molecule has 2 aliphatic rings. The average Bonchev–Trinajstić information content (AvgIpc) is 3.68. The largest absolute Gasteiger partial charge is 0.454 e. The highest BCUT2D eigenvalue weighted by Crippen LogP contribution is 2.36. The molecule has 0 radical (unpaired) electrons. The molecule has 3 amide bonds. The standard InChI is InChI=1S/C41H37N3O11/c1-49-38-37(55-41(48)44-31-19-11-9-17-29(31)26-14-6-3-7-15-26)36(54-40(47)43-30-18-10-8-16-28(30)25-12-4-2-5-13-25)35(34(23-45)52-38)53-39(46)42-27-20-21-32-33(22-27)51-24-50-32/h2-22,34-38,45H,23-24H2,1H3,(H,42,46)(H,43,47)(H,44,48)/t34-,35-,36+,37+,38+/m1/s1. The third-order valence-electron chi connectivity index (χ3n) is 8.85. The molecule has 14 heteroatoms. The van der Waals surface area contributed by atoms with E-state index in [1.165, 1.54) is 7.11 Å². The molecule has 0 saturated carbocycles. The predicted octanol–water partition coefficient (Wildman–Crippen LogP) is 7.26. The van der Waals surface area contributed by atoms with Crippen LogP contribution in [0, 0.1) is 0 Å². The number of fused-ring (bicyclic) bond motifs is 1. The van der Waals surface area contributed by atoms with Crippen molar-refractivity contribution in [3.05, 3.63) is 127 Å². The summed E-state index contributed by atoms with van der Waals surface area (Å²) in [7, 11) is 1.29. The van der Waals surface area contributed by atoms with E-state index in [0.29, 0.717) is 39.7 Å². The Hall–Kier alpha value is -6.61. The van der Waals surface area contributed by atoms with E-state index < -0.39 is 55.6 Å². The molecule has 14 nitrogen and oxygen atoms in total. The van der Waals surface area contributed by atoms with Crippen molar-refractivity contribution >= 4 is 35.3 Å². The van der Waals surface area contributed by atoms with Crippen molar-refractivity contribution in [1.29, 1.82) is 0 Å². The average molecular weight is 748 g/mol. The van der Waals surface area contributed by atoms with Crippen LogP contribution in [0.15, 0.2) is 127 Å². The van der Waals surface area contributed by atoms with Crippen molar-refractivity contribution in [2.45, 2.75) is 30.7 Å². The highest BCUT2D eigenvalue weighted by Gasteiger charge is 2.53. The van der Waals surface area contributed by atoms with E-state index >= 15 is 0 Å². The summed E-state index contributed by atoms with van der Waals surface area (Å²) in [5.41, 5.74) is 4.25. The lowest BCUT2D eigenvalue weighted by molar-refractivity contribution is -0.290. The summed E-state index contributed by atoms with van der Waals surface area (Å²) < 4.78 is 39.9. The van der Waals surface area contributed by atoms with E-state index in [2.05, 4.69) is 16.0 Å². The lowest BCUT2D eigenvalue weighted by atomic mass is 9.98. The van der Waals surface area contributed by atoms with Crippen molar-refractivity contribution in [2.24, 2.45) is 0 Å². The zero-order valence-electron chi connectivity index (χ0n) is 29.5. The monoisotopic (exact) mass is 747 g/mol. The van der Waals surface area contributed by atoms with Gasteiger partial charge in [0.05, 0.1) is 18.0 Å². The Morgan fingerprint density at radius 3 is 1.71 bits per heavy atom. The van der Waals surface area contributed by atoms with Gasteiger partial charge in [-0.2, -0.15) is 0 Å². The molecule has 0 aromatic heterocycles. The van der Waals surface area contributed by atoms with E-state index in [4.69, 9.17) is 33.2 Å². The molecule has 0 bridgehead atoms. The van der Waals surface area contributed by atoms with Crippen LogP contribution in [0.4, 0.5) is 31.4 Å². The Morgan fingerprint density at radius 2 is 1.13 bits per heavy atom. The van der Waals surface area contributed by atoms with Crippen LogP contribution in [-0.4, -0.2) is 74.6 Å². The molecule has 4 N–H and O–H groups in total. The van der Waals surface area contributed by atoms with Crippen molar-refractivity contribution in [2.75, 3.05) is 36.5 Å². The first-order valence-corrected chi connectivity index (χ1v) is 17.3. The van der Waals surface area contributed by atoms with Crippen LogP contribution in [0.25, 0.3) is 22.3 Å². The van der Waals surface area contributed by atoms with Crippen molar-refractivity contribution in [3.8, 4) is 33.8 Å². The molecule has 5 atom stereocenters. The number of carbonyl (C=O) groups is 3. The van der Waals surface area contributed by atoms with Gasteiger partial charge in [0.15, 0.2) is 36.1 Å². The first-order valence-electron chi connectivity index (χ1n) is 17.3. The molecule has 55 heavy (non-hydrogen) atoms. The minimum absolute atomic E-state index is 0.0329. The third-order valence-corrected chi connectivity index (χ3v) is 8.85. The molecule has 2 aliphatic heterocycles. The molecule has 0 aliphatic carbocycles. The number of anilines is 3. The first kappa shape index (κ1) is 36.7. The van der Waals surface area contributed by atoms with E-state index in [-0.39, 0.29) is 6.79 Å². The molecular formula is C41H37N3O11. The summed E-state index contributed by atoms with van der Waals surface area (Å²) in [4.78, 5) is 40.9. The topological polar surface area (TPSA) is 172 Å². The summed E-state index contributed by atoms with van der Waals surface area (Å²) in [6.07, 6.45) is -10.2. The fourth-order valence-corrected chi connectivity index (χ4v) is 6.31. The normalized spacial score (nSPS) is 19.8. The number of carbonyl (C=O) groups excluding carboxylic acids is 3. The van der Waals surface area contributed by atoms with Gasteiger partial charge in [0.25, 0.3) is 0 Å². The van der Waals surface area contributed by atoms with Crippen molar-refractivity contribution in [1.82, 2.24) is 0 Å². The molecule has 0 spiro atoms. The number of aliphatic hydroxyl groups excluding tert-OH is 1. The summed E-state index contributed by atoms with van der Waals surface area (Å²) in [6, 6.07) is 37.8. The van der Waals surface area contributed by atoms with Crippen LogP contribution in [0.5, 0.6) is 11.5 Å². The molecule has 0 unspecified atom stereocenters. The molecule has 5 aromatic carbocycles. The van der Waals surface area contributed by atoms with Gasteiger partial charge >= 0.3 is 18.3 Å². The number of benzene rings is 5. The molecule has 1 saturated heterocycles. The van der Waals surface area contributed by atoms with E-state index in [1.54, 1.807) is 42.5 Å². The number of hydrogen-bond acceptors (Lipinski definition) is 11. The number of hydrogen-bond donors (Lipinski definition) is 4.